The zero-order valence-corrected chi connectivity index (χ0v) is 17.1. The molecule has 0 atom stereocenters. The van der Waals surface area contributed by atoms with Crippen LogP contribution in [0.2, 0.25) is 0 Å². The van der Waals surface area contributed by atoms with E-state index in [4.69, 9.17) is 0 Å². The number of nitrogens with one attached hydrogen (secondary N) is 1. The Kier molecular flexibility index (Phi) is 8.07. The molecule has 4 nitrogen and oxygen atoms in total. The number of likely N-dealkylation sites (N-methyl/N-ethyl adjacent to an activating group) is 1. The van der Waals surface area contributed by atoms with E-state index in [9.17, 15) is 4.79 Å². The fourth-order valence-electron chi connectivity index (χ4n) is 3.59. The van der Waals surface area contributed by atoms with Gasteiger partial charge in [-0.1, -0.05) is 54.6 Å². The van der Waals surface area contributed by atoms with E-state index in [-0.39, 0.29) is 5.91 Å². The molecule has 1 fully saturated rings. The first kappa shape index (κ1) is 20.6. The molecular formula is C24H33N3O. The van der Waals surface area contributed by atoms with Crippen LogP contribution in [-0.4, -0.2) is 62.0 Å². The van der Waals surface area contributed by atoms with E-state index in [2.05, 4.69) is 71.9 Å². The number of hydrogen-bond donors (Lipinski definition) is 1. The summed E-state index contributed by atoms with van der Waals surface area (Å²) in [5.41, 5.74) is 4.16. The quantitative estimate of drug-likeness (QED) is 0.681. The van der Waals surface area contributed by atoms with Gasteiger partial charge in [-0.25, -0.2) is 0 Å². The summed E-state index contributed by atoms with van der Waals surface area (Å²) in [7, 11) is 2.11. The normalized spacial score (nSPS) is 15.0. The Balaban J connectivity index is 1.29. The number of benzene rings is 2. The van der Waals surface area contributed by atoms with Crippen LogP contribution >= 0.6 is 0 Å². The van der Waals surface area contributed by atoms with Gasteiger partial charge in [0.2, 0.25) is 5.91 Å². The summed E-state index contributed by atoms with van der Waals surface area (Å²) in [6, 6.07) is 19.6. The molecule has 1 aliphatic rings. The Hall–Kier alpha value is -2.17. The first-order valence-corrected chi connectivity index (χ1v) is 10.5. The van der Waals surface area contributed by atoms with Gasteiger partial charge in [-0.3, -0.25) is 4.79 Å². The minimum Gasteiger partial charge on any atom is -0.339 e. The largest absolute Gasteiger partial charge is 0.339 e. The van der Waals surface area contributed by atoms with Crippen LogP contribution < -0.4 is 5.32 Å². The van der Waals surface area contributed by atoms with Crippen LogP contribution in [0, 0.1) is 0 Å². The van der Waals surface area contributed by atoms with Crippen LogP contribution in [0.3, 0.4) is 0 Å². The molecule has 1 heterocycles. The molecular weight excluding hydrogens is 346 g/mol. The lowest BCUT2D eigenvalue weighted by Gasteiger charge is -2.32. The molecule has 0 bridgehead atoms. The summed E-state index contributed by atoms with van der Waals surface area (Å²) < 4.78 is 0. The standard InChI is InChI=1S/C24H33N3O/c1-26-16-18-27(19-17-26)24(28)20-25-15-5-8-22-10-13-23(14-11-22)12-9-21-6-3-2-4-7-21/h2-4,6-7,10-11,13-14,25H,5,8-9,12,15-20H2,1H3. The van der Waals surface area contributed by atoms with Crippen LogP contribution in [0.5, 0.6) is 0 Å². The van der Waals surface area contributed by atoms with E-state index in [1.54, 1.807) is 0 Å². The van der Waals surface area contributed by atoms with Gasteiger partial charge in [0.25, 0.3) is 0 Å². The Labute approximate surface area is 169 Å². The first-order valence-electron chi connectivity index (χ1n) is 10.5. The molecule has 4 heteroatoms. The Morgan fingerprint density at radius 2 is 1.39 bits per heavy atom. The van der Waals surface area contributed by atoms with Crippen molar-refractivity contribution in [2.45, 2.75) is 25.7 Å². The molecule has 3 rings (SSSR count). The molecule has 2 aromatic rings. The predicted octanol–water partition coefficient (Wildman–Crippen LogP) is 2.77. The van der Waals surface area contributed by atoms with E-state index < -0.39 is 0 Å². The fourth-order valence-corrected chi connectivity index (χ4v) is 3.59. The second-order valence-electron chi connectivity index (χ2n) is 7.77. The monoisotopic (exact) mass is 379 g/mol. The summed E-state index contributed by atoms with van der Waals surface area (Å²) in [4.78, 5) is 16.4. The van der Waals surface area contributed by atoms with Crippen molar-refractivity contribution < 1.29 is 4.79 Å². The highest BCUT2D eigenvalue weighted by Gasteiger charge is 2.18. The number of rotatable bonds is 9. The van der Waals surface area contributed by atoms with Crippen LogP contribution in [0.25, 0.3) is 0 Å². The topological polar surface area (TPSA) is 35.6 Å². The summed E-state index contributed by atoms with van der Waals surface area (Å²) in [6.45, 7) is 5.01. The number of amides is 1. The Morgan fingerprint density at radius 1 is 0.821 bits per heavy atom. The van der Waals surface area contributed by atoms with E-state index in [0.29, 0.717) is 6.54 Å². The van der Waals surface area contributed by atoms with E-state index in [1.807, 2.05) is 4.90 Å². The van der Waals surface area contributed by atoms with E-state index in [0.717, 1.165) is 58.4 Å². The number of hydrogen-bond acceptors (Lipinski definition) is 3. The van der Waals surface area contributed by atoms with Crippen molar-refractivity contribution in [1.82, 2.24) is 15.1 Å². The first-order chi connectivity index (χ1) is 13.7. The Morgan fingerprint density at radius 3 is 2.04 bits per heavy atom. The van der Waals surface area contributed by atoms with Gasteiger partial charge in [-0.15, -0.1) is 0 Å². The molecule has 1 N–H and O–H groups in total. The maximum atomic E-state index is 12.2. The molecule has 0 spiro atoms. The highest BCUT2D eigenvalue weighted by Crippen LogP contribution is 2.10. The summed E-state index contributed by atoms with van der Waals surface area (Å²) in [5, 5.41) is 3.31. The second kappa shape index (κ2) is 11.0. The highest BCUT2D eigenvalue weighted by atomic mass is 16.2. The number of nitrogens with zero attached hydrogens (tertiary/aromatic N) is 2. The second-order valence-corrected chi connectivity index (χ2v) is 7.77. The van der Waals surface area contributed by atoms with Crippen molar-refractivity contribution in [1.29, 1.82) is 0 Å². The fraction of sp³-hybridized carbons (Fsp3) is 0.458. The summed E-state index contributed by atoms with van der Waals surface area (Å²) >= 11 is 0. The zero-order valence-electron chi connectivity index (χ0n) is 17.1. The number of carbonyl (C=O) groups excluding carboxylic acids is 1. The maximum Gasteiger partial charge on any atom is 0.236 e. The van der Waals surface area contributed by atoms with Crippen LogP contribution in [0.15, 0.2) is 54.6 Å². The average molecular weight is 380 g/mol. The lowest BCUT2D eigenvalue weighted by molar-refractivity contribution is -0.131. The van der Waals surface area contributed by atoms with Crippen molar-refractivity contribution >= 4 is 5.91 Å². The van der Waals surface area contributed by atoms with Gasteiger partial charge in [-0.2, -0.15) is 0 Å². The van der Waals surface area contributed by atoms with Gasteiger partial charge >= 0.3 is 0 Å². The third-order valence-electron chi connectivity index (χ3n) is 5.52. The van der Waals surface area contributed by atoms with E-state index >= 15 is 0 Å². The van der Waals surface area contributed by atoms with Crippen LogP contribution in [0.1, 0.15) is 23.1 Å². The SMILES string of the molecule is CN1CCN(C(=O)CNCCCc2ccc(CCc3ccccc3)cc2)CC1. The molecule has 150 valence electrons. The van der Waals surface area contributed by atoms with Crippen LogP contribution in [0.4, 0.5) is 0 Å². The molecule has 0 aliphatic carbocycles. The molecule has 0 saturated carbocycles. The van der Waals surface area contributed by atoms with Gasteiger partial charge in [-0.05, 0) is 56.0 Å². The van der Waals surface area contributed by atoms with Crippen molar-refractivity contribution in [3.05, 3.63) is 71.3 Å². The minimum atomic E-state index is 0.232. The smallest absolute Gasteiger partial charge is 0.236 e. The average Bonchev–Trinajstić information content (AvgIpc) is 2.74. The van der Waals surface area contributed by atoms with Crippen molar-refractivity contribution in [2.75, 3.05) is 46.3 Å². The summed E-state index contributed by atoms with van der Waals surface area (Å²) in [6.07, 6.45) is 4.28. The third-order valence-corrected chi connectivity index (χ3v) is 5.52. The van der Waals surface area contributed by atoms with Crippen molar-refractivity contribution in [3.63, 3.8) is 0 Å². The molecule has 1 saturated heterocycles. The summed E-state index contributed by atoms with van der Waals surface area (Å²) in [5.74, 6) is 0.232. The molecule has 2 aromatic carbocycles. The molecule has 0 radical (unpaired) electrons. The molecule has 1 aliphatic heterocycles. The minimum absolute atomic E-state index is 0.232. The zero-order chi connectivity index (χ0) is 19.6. The third kappa shape index (κ3) is 6.77. The number of carbonyl (C=O) groups is 1. The lowest BCUT2D eigenvalue weighted by Crippen LogP contribution is -2.49. The number of piperazine rings is 1. The molecule has 0 aromatic heterocycles. The van der Waals surface area contributed by atoms with Gasteiger partial charge in [0, 0.05) is 26.2 Å². The van der Waals surface area contributed by atoms with Gasteiger partial charge in [0.1, 0.15) is 0 Å². The van der Waals surface area contributed by atoms with Gasteiger partial charge in [0.05, 0.1) is 6.54 Å². The highest BCUT2D eigenvalue weighted by molar-refractivity contribution is 5.78. The van der Waals surface area contributed by atoms with Gasteiger partial charge in [0.15, 0.2) is 0 Å². The molecule has 0 unspecified atom stereocenters. The predicted molar refractivity (Wildman–Crippen MR) is 116 cm³/mol. The van der Waals surface area contributed by atoms with E-state index in [1.165, 1.54) is 16.7 Å². The maximum absolute atomic E-state index is 12.2. The van der Waals surface area contributed by atoms with Gasteiger partial charge < -0.3 is 15.1 Å². The van der Waals surface area contributed by atoms with Crippen LogP contribution in [-0.2, 0) is 24.1 Å². The van der Waals surface area contributed by atoms with Crippen molar-refractivity contribution in [3.8, 4) is 0 Å². The Bertz CT molecular complexity index is 706. The lowest BCUT2D eigenvalue weighted by atomic mass is 10.0. The molecule has 1 amide bonds. The molecule has 28 heavy (non-hydrogen) atoms. The number of aryl methyl sites for hydroxylation is 3. The van der Waals surface area contributed by atoms with Crippen molar-refractivity contribution in [2.24, 2.45) is 0 Å².